The van der Waals surface area contributed by atoms with E-state index in [9.17, 15) is 17.6 Å². The summed E-state index contributed by atoms with van der Waals surface area (Å²) in [7, 11) is 0. The molecule has 0 saturated heterocycles. The van der Waals surface area contributed by atoms with Crippen LogP contribution in [-0.4, -0.2) is 15.0 Å². The average Bonchev–Trinajstić information content (AvgIpc) is 2.82. The fourth-order valence-electron chi connectivity index (χ4n) is 3.45. The van der Waals surface area contributed by atoms with E-state index in [2.05, 4.69) is 20.3 Å². The summed E-state index contributed by atoms with van der Waals surface area (Å²) >= 11 is 0. The lowest BCUT2D eigenvalue weighted by atomic mass is 10.0. The van der Waals surface area contributed by atoms with Gasteiger partial charge >= 0.3 is 0 Å². The van der Waals surface area contributed by atoms with Gasteiger partial charge in [-0.05, 0) is 54.1 Å². The lowest BCUT2D eigenvalue weighted by molar-refractivity contribution is 0.509. The fraction of sp³-hybridized carbons (Fsp3) is 0. The van der Waals surface area contributed by atoms with Gasteiger partial charge in [0.1, 0.15) is 17.5 Å². The van der Waals surface area contributed by atoms with E-state index in [0.717, 1.165) is 18.2 Å². The second-order valence-electron chi connectivity index (χ2n) is 7.25. The molecule has 0 saturated carbocycles. The molecule has 1 N–H and O–H groups in total. The van der Waals surface area contributed by atoms with Crippen molar-refractivity contribution in [2.24, 2.45) is 0 Å². The zero-order valence-corrected chi connectivity index (χ0v) is 16.9. The van der Waals surface area contributed by atoms with E-state index in [1.165, 1.54) is 18.2 Å². The summed E-state index contributed by atoms with van der Waals surface area (Å²) in [5, 5.41) is 3.50. The standard InChI is InChI=1S/C25H14F4N4/c26-16-4-6-18(21(28)11-16)14-3-8-23-19(10-14)25(31-17-5-7-20(27)22(29)12-17)33-24(32-23)15-2-1-9-30-13-15/h1-13H,(H,31,32,33). The van der Waals surface area contributed by atoms with Crippen LogP contribution >= 0.6 is 0 Å². The number of hydrogen-bond donors (Lipinski definition) is 1. The van der Waals surface area contributed by atoms with Gasteiger partial charge in [0, 0.05) is 46.7 Å². The number of anilines is 2. The molecule has 0 aliphatic carbocycles. The Morgan fingerprint density at radius 3 is 2.33 bits per heavy atom. The van der Waals surface area contributed by atoms with E-state index < -0.39 is 23.3 Å². The smallest absolute Gasteiger partial charge is 0.163 e. The molecule has 0 aliphatic rings. The van der Waals surface area contributed by atoms with Crippen LogP contribution in [0.2, 0.25) is 0 Å². The molecule has 0 fully saturated rings. The zero-order chi connectivity index (χ0) is 22.9. The maximum atomic E-state index is 14.4. The summed E-state index contributed by atoms with van der Waals surface area (Å²) in [6, 6.07) is 15.3. The largest absolute Gasteiger partial charge is 0.340 e. The van der Waals surface area contributed by atoms with Crippen LogP contribution in [0.15, 0.2) is 79.1 Å². The molecule has 5 rings (SSSR count). The first-order valence-corrected chi connectivity index (χ1v) is 9.87. The number of pyridine rings is 1. The third kappa shape index (κ3) is 4.10. The Bertz CT molecular complexity index is 1490. The SMILES string of the molecule is Fc1ccc(-c2ccc3nc(-c4cccnc4)nc(Nc4ccc(F)c(F)c4)c3c2)c(F)c1. The maximum absolute atomic E-state index is 14.4. The quantitative estimate of drug-likeness (QED) is 0.314. The Labute approximate surface area is 185 Å². The minimum Gasteiger partial charge on any atom is -0.340 e. The van der Waals surface area contributed by atoms with Gasteiger partial charge in [-0.1, -0.05) is 6.07 Å². The Morgan fingerprint density at radius 1 is 0.697 bits per heavy atom. The third-order valence-corrected chi connectivity index (χ3v) is 5.04. The Morgan fingerprint density at radius 2 is 1.58 bits per heavy atom. The molecule has 0 amide bonds. The van der Waals surface area contributed by atoms with E-state index >= 15 is 0 Å². The zero-order valence-electron chi connectivity index (χ0n) is 16.9. The van der Waals surface area contributed by atoms with Crippen LogP contribution in [0.4, 0.5) is 29.1 Å². The van der Waals surface area contributed by atoms with Crippen molar-refractivity contribution in [2.75, 3.05) is 5.32 Å². The predicted molar refractivity (Wildman–Crippen MR) is 118 cm³/mol. The van der Waals surface area contributed by atoms with Crippen LogP contribution in [0.25, 0.3) is 33.4 Å². The van der Waals surface area contributed by atoms with Crippen LogP contribution in [-0.2, 0) is 0 Å². The van der Waals surface area contributed by atoms with Gasteiger partial charge in [-0.15, -0.1) is 0 Å². The Kier molecular flexibility index (Phi) is 5.18. The van der Waals surface area contributed by atoms with Gasteiger partial charge in [-0.2, -0.15) is 0 Å². The van der Waals surface area contributed by atoms with Crippen molar-refractivity contribution in [2.45, 2.75) is 0 Å². The van der Waals surface area contributed by atoms with E-state index in [-0.39, 0.29) is 11.3 Å². The van der Waals surface area contributed by atoms with Crippen LogP contribution < -0.4 is 5.32 Å². The lowest BCUT2D eigenvalue weighted by Crippen LogP contribution is -2.01. The van der Waals surface area contributed by atoms with Gasteiger partial charge in [0.25, 0.3) is 0 Å². The lowest BCUT2D eigenvalue weighted by Gasteiger charge is -2.13. The van der Waals surface area contributed by atoms with Crippen molar-refractivity contribution < 1.29 is 17.6 Å². The number of aromatic nitrogens is 3. The van der Waals surface area contributed by atoms with Gasteiger partial charge in [0.15, 0.2) is 17.5 Å². The van der Waals surface area contributed by atoms with Gasteiger partial charge in [-0.25, -0.2) is 27.5 Å². The molecule has 0 bridgehead atoms. The molecule has 162 valence electrons. The van der Waals surface area contributed by atoms with Crippen molar-refractivity contribution in [1.29, 1.82) is 0 Å². The van der Waals surface area contributed by atoms with Gasteiger partial charge in [0.05, 0.1) is 5.52 Å². The third-order valence-electron chi connectivity index (χ3n) is 5.04. The first-order valence-electron chi connectivity index (χ1n) is 9.87. The van der Waals surface area contributed by atoms with Gasteiger partial charge < -0.3 is 5.32 Å². The molecule has 4 nitrogen and oxygen atoms in total. The van der Waals surface area contributed by atoms with E-state index in [4.69, 9.17) is 0 Å². The minimum absolute atomic E-state index is 0.202. The molecule has 8 heteroatoms. The summed E-state index contributed by atoms with van der Waals surface area (Å²) in [5.74, 6) is -2.71. The minimum atomic E-state index is -1.01. The first kappa shape index (κ1) is 20.6. The number of halogens is 4. The molecule has 0 spiro atoms. The molecule has 2 heterocycles. The molecule has 2 aromatic heterocycles. The van der Waals surface area contributed by atoms with Crippen LogP contribution in [0.3, 0.4) is 0 Å². The topological polar surface area (TPSA) is 50.7 Å². The van der Waals surface area contributed by atoms with Crippen LogP contribution in [0.1, 0.15) is 0 Å². The van der Waals surface area contributed by atoms with Crippen molar-refractivity contribution in [1.82, 2.24) is 15.0 Å². The fourth-order valence-corrected chi connectivity index (χ4v) is 3.45. The second kappa shape index (κ2) is 8.31. The van der Waals surface area contributed by atoms with Crippen LogP contribution in [0.5, 0.6) is 0 Å². The van der Waals surface area contributed by atoms with Gasteiger partial charge in [0.2, 0.25) is 0 Å². The van der Waals surface area contributed by atoms with Crippen molar-refractivity contribution in [3.63, 3.8) is 0 Å². The summed E-state index contributed by atoms with van der Waals surface area (Å²) < 4.78 is 54.9. The molecule has 0 atom stereocenters. The van der Waals surface area contributed by atoms with Crippen molar-refractivity contribution in [3.05, 3.63) is 102 Å². The first-order chi connectivity index (χ1) is 16.0. The number of benzene rings is 3. The highest BCUT2D eigenvalue weighted by molar-refractivity contribution is 5.95. The molecule has 33 heavy (non-hydrogen) atoms. The highest BCUT2D eigenvalue weighted by Gasteiger charge is 2.14. The predicted octanol–water partition coefficient (Wildman–Crippen LogP) is 6.66. The molecule has 0 aliphatic heterocycles. The summed E-state index contributed by atoms with van der Waals surface area (Å²) in [6.45, 7) is 0. The molecule has 3 aromatic carbocycles. The molecular formula is C25H14F4N4. The van der Waals surface area contributed by atoms with E-state index in [1.807, 2.05) is 0 Å². The second-order valence-corrected chi connectivity index (χ2v) is 7.25. The number of rotatable bonds is 4. The van der Waals surface area contributed by atoms with Crippen molar-refractivity contribution >= 4 is 22.4 Å². The normalized spacial score (nSPS) is 11.0. The Balaban J connectivity index is 1.69. The number of fused-ring (bicyclic) bond motifs is 1. The highest BCUT2D eigenvalue weighted by Crippen LogP contribution is 2.32. The summed E-state index contributed by atoms with van der Waals surface area (Å²) in [4.78, 5) is 13.2. The van der Waals surface area contributed by atoms with E-state index in [1.54, 1.807) is 42.7 Å². The Hall–Kier alpha value is -4.33. The molecule has 0 radical (unpaired) electrons. The summed E-state index contributed by atoms with van der Waals surface area (Å²) in [6.07, 6.45) is 3.22. The van der Waals surface area contributed by atoms with Crippen LogP contribution in [0, 0.1) is 23.3 Å². The molecular weight excluding hydrogens is 432 g/mol. The number of nitrogens with zero attached hydrogens (tertiary/aromatic N) is 3. The number of hydrogen-bond acceptors (Lipinski definition) is 4. The molecule has 0 unspecified atom stereocenters. The van der Waals surface area contributed by atoms with Crippen molar-refractivity contribution in [3.8, 4) is 22.5 Å². The monoisotopic (exact) mass is 446 g/mol. The maximum Gasteiger partial charge on any atom is 0.163 e. The number of nitrogens with one attached hydrogen (secondary N) is 1. The van der Waals surface area contributed by atoms with E-state index in [0.29, 0.717) is 33.7 Å². The highest BCUT2D eigenvalue weighted by atomic mass is 19.2. The summed E-state index contributed by atoms with van der Waals surface area (Å²) in [5.41, 5.74) is 2.13. The molecule has 5 aromatic rings. The van der Waals surface area contributed by atoms with Gasteiger partial charge in [-0.3, -0.25) is 4.98 Å². The average molecular weight is 446 g/mol.